The van der Waals surface area contributed by atoms with Crippen molar-refractivity contribution in [2.75, 3.05) is 5.32 Å². The molecule has 0 unspecified atom stereocenters. The number of hydrogen-bond donors (Lipinski definition) is 1. The van der Waals surface area contributed by atoms with Crippen LogP contribution in [0.15, 0.2) is 35.7 Å². The maximum Gasteiger partial charge on any atom is 0.176 e. The summed E-state index contributed by atoms with van der Waals surface area (Å²) in [4.78, 5) is 0. The smallest absolute Gasteiger partial charge is 0.176 e. The summed E-state index contributed by atoms with van der Waals surface area (Å²) in [6.45, 7) is 1.68. The van der Waals surface area contributed by atoms with Crippen LogP contribution in [-0.4, -0.2) is 19.7 Å². The molecule has 0 radical (unpaired) electrons. The maximum atomic E-state index is 11.5. The van der Waals surface area contributed by atoms with E-state index in [1.165, 1.54) is 5.41 Å². The van der Waals surface area contributed by atoms with Crippen LogP contribution in [0.25, 0.3) is 0 Å². The Kier molecular flexibility index (Phi) is 2.95. The molecule has 86 valence electrons. The molecule has 16 heavy (non-hydrogen) atoms. The van der Waals surface area contributed by atoms with E-state index in [1.807, 2.05) is 18.2 Å². The average molecular weight is 258 g/mol. The SMILES string of the molecule is C[C@H]1[C@H](Nc2ccccc2Cl)C=CS1(=O)=O. The lowest BCUT2D eigenvalue weighted by Crippen LogP contribution is -2.30. The predicted molar refractivity (Wildman–Crippen MR) is 66.4 cm³/mol. The number of anilines is 1. The lowest BCUT2D eigenvalue weighted by molar-refractivity contribution is 0.593. The minimum atomic E-state index is -3.09. The molecule has 0 aromatic heterocycles. The number of sulfone groups is 1. The van der Waals surface area contributed by atoms with Crippen molar-refractivity contribution in [1.82, 2.24) is 0 Å². The Labute approximate surface area is 100 Å². The fourth-order valence-electron chi connectivity index (χ4n) is 1.60. The monoisotopic (exact) mass is 257 g/mol. The van der Waals surface area contributed by atoms with Crippen LogP contribution < -0.4 is 5.32 Å². The van der Waals surface area contributed by atoms with Gasteiger partial charge in [-0.2, -0.15) is 0 Å². The summed E-state index contributed by atoms with van der Waals surface area (Å²) >= 11 is 5.99. The Morgan fingerprint density at radius 1 is 1.31 bits per heavy atom. The second-order valence-corrected chi connectivity index (χ2v) is 6.37. The third-order valence-electron chi connectivity index (χ3n) is 2.70. The lowest BCUT2D eigenvalue weighted by atomic mass is 10.2. The highest BCUT2D eigenvalue weighted by Gasteiger charge is 2.31. The summed E-state index contributed by atoms with van der Waals surface area (Å²) in [5.41, 5.74) is 0.753. The molecule has 2 rings (SSSR count). The molecule has 1 aliphatic rings. The summed E-state index contributed by atoms with van der Waals surface area (Å²) in [5, 5.41) is 4.51. The van der Waals surface area contributed by atoms with Crippen molar-refractivity contribution in [2.24, 2.45) is 0 Å². The van der Waals surface area contributed by atoms with Gasteiger partial charge >= 0.3 is 0 Å². The van der Waals surface area contributed by atoms with Gasteiger partial charge in [-0.15, -0.1) is 0 Å². The summed E-state index contributed by atoms with van der Waals surface area (Å²) in [5.74, 6) is 0. The van der Waals surface area contributed by atoms with Crippen LogP contribution in [-0.2, 0) is 9.84 Å². The van der Waals surface area contributed by atoms with Crippen molar-refractivity contribution in [3.8, 4) is 0 Å². The highest BCUT2D eigenvalue weighted by molar-refractivity contribution is 7.95. The van der Waals surface area contributed by atoms with Gasteiger partial charge in [0.15, 0.2) is 9.84 Å². The van der Waals surface area contributed by atoms with E-state index in [-0.39, 0.29) is 6.04 Å². The van der Waals surface area contributed by atoms with E-state index in [0.717, 1.165) is 5.69 Å². The first-order chi connectivity index (χ1) is 7.50. The van der Waals surface area contributed by atoms with E-state index >= 15 is 0 Å². The molecule has 1 aromatic rings. The summed E-state index contributed by atoms with van der Waals surface area (Å²) in [6.07, 6.45) is 1.66. The Hall–Kier alpha value is -1.00. The van der Waals surface area contributed by atoms with Gasteiger partial charge < -0.3 is 5.32 Å². The molecule has 1 N–H and O–H groups in total. The first-order valence-corrected chi connectivity index (χ1v) is 6.92. The zero-order chi connectivity index (χ0) is 11.8. The number of nitrogens with one attached hydrogen (secondary N) is 1. The van der Waals surface area contributed by atoms with Gasteiger partial charge in [-0.25, -0.2) is 8.42 Å². The number of halogens is 1. The zero-order valence-electron chi connectivity index (χ0n) is 8.72. The van der Waals surface area contributed by atoms with E-state index in [2.05, 4.69) is 5.32 Å². The predicted octanol–water partition coefficient (Wildman–Crippen LogP) is 2.45. The normalized spacial score (nSPS) is 26.9. The van der Waals surface area contributed by atoms with Crippen molar-refractivity contribution >= 4 is 27.1 Å². The quantitative estimate of drug-likeness (QED) is 0.885. The van der Waals surface area contributed by atoms with E-state index in [1.54, 1.807) is 19.1 Å². The molecule has 0 saturated carbocycles. The number of rotatable bonds is 2. The Morgan fingerprint density at radius 3 is 2.56 bits per heavy atom. The second-order valence-electron chi connectivity index (χ2n) is 3.77. The van der Waals surface area contributed by atoms with Crippen molar-refractivity contribution in [1.29, 1.82) is 0 Å². The van der Waals surface area contributed by atoms with Crippen molar-refractivity contribution in [3.63, 3.8) is 0 Å². The van der Waals surface area contributed by atoms with E-state index in [0.29, 0.717) is 5.02 Å². The molecule has 0 aliphatic carbocycles. The van der Waals surface area contributed by atoms with Crippen LogP contribution in [0.1, 0.15) is 6.92 Å². The van der Waals surface area contributed by atoms with Gasteiger partial charge in [0.1, 0.15) is 0 Å². The molecule has 0 amide bonds. The van der Waals surface area contributed by atoms with Gasteiger partial charge in [-0.3, -0.25) is 0 Å². The van der Waals surface area contributed by atoms with E-state index < -0.39 is 15.1 Å². The van der Waals surface area contributed by atoms with Gasteiger partial charge in [-0.1, -0.05) is 23.7 Å². The van der Waals surface area contributed by atoms with Crippen LogP contribution in [0.5, 0.6) is 0 Å². The Balaban J connectivity index is 2.20. The first kappa shape index (κ1) is 11.5. The number of benzene rings is 1. The third-order valence-corrected chi connectivity index (χ3v) is 4.89. The summed E-state index contributed by atoms with van der Waals surface area (Å²) < 4.78 is 23.0. The highest BCUT2D eigenvalue weighted by atomic mass is 35.5. The largest absolute Gasteiger partial charge is 0.376 e. The number of para-hydroxylation sites is 1. The second kappa shape index (κ2) is 4.11. The van der Waals surface area contributed by atoms with Gasteiger partial charge in [0, 0.05) is 5.41 Å². The molecule has 0 bridgehead atoms. The van der Waals surface area contributed by atoms with Crippen LogP contribution in [0, 0.1) is 0 Å². The summed E-state index contributed by atoms with van der Waals surface area (Å²) in [7, 11) is -3.09. The van der Waals surface area contributed by atoms with Gasteiger partial charge in [0.2, 0.25) is 0 Å². The molecule has 0 fully saturated rings. The van der Waals surface area contributed by atoms with E-state index in [4.69, 9.17) is 11.6 Å². The minimum Gasteiger partial charge on any atom is -0.376 e. The highest BCUT2D eigenvalue weighted by Crippen LogP contribution is 2.26. The molecular formula is C11H12ClNO2S. The van der Waals surface area contributed by atoms with Crippen LogP contribution in [0.2, 0.25) is 5.02 Å². The summed E-state index contributed by atoms with van der Waals surface area (Å²) in [6, 6.07) is 7.06. The van der Waals surface area contributed by atoms with E-state index in [9.17, 15) is 8.42 Å². The standard InChI is InChI=1S/C11H12ClNO2S/c1-8-10(6-7-16(8,14)15)13-11-5-3-2-4-9(11)12/h2-8,10,13H,1H3/t8-,10+/m0/s1. The maximum absolute atomic E-state index is 11.5. The molecule has 0 spiro atoms. The molecule has 2 atom stereocenters. The average Bonchev–Trinajstić information content (AvgIpc) is 2.49. The van der Waals surface area contributed by atoms with Gasteiger partial charge in [0.05, 0.1) is 22.0 Å². The molecule has 1 heterocycles. The van der Waals surface area contributed by atoms with Crippen LogP contribution in [0.3, 0.4) is 0 Å². The molecule has 1 aliphatic heterocycles. The third kappa shape index (κ3) is 2.08. The van der Waals surface area contributed by atoms with Gasteiger partial charge in [0.25, 0.3) is 0 Å². The minimum absolute atomic E-state index is 0.218. The first-order valence-electron chi connectivity index (χ1n) is 4.94. The lowest BCUT2D eigenvalue weighted by Gasteiger charge is -2.17. The fourth-order valence-corrected chi connectivity index (χ4v) is 3.00. The fraction of sp³-hybridized carbons (Fsp3) is 0.273. The number of hydrogen-bond acceptors (Lipinski definition) is 3. The zero-order valence-corrected chi connectivity index (χ0v) is 10.3. The van der Waals surface area contributed by atoms with Crippen LogP contribution in [0.4, 0.5) is 5.69 Å². The molecule has 5 heteroatoms. The van der Waals surface area contributed by atoms with Crippen molar-refractivity contribution in [2.45, 2.75) is 18.2 Å². The van der Waals surface area contributed by atoms with Crippen molar-refractivity contribution in [3.05, 3.63) is 40.8 Å². The Morgan fingerprint density at radius 2 is 2.00 bits per heavy atom. The molecule has 1 aromatic carbocycles. The topological polar surface area (TPSA) is 46.2 Å². The van der Waals surface area contributed by atoms with Gasteiger partial charge in [-0.05, 0) is 25.1 Å². The Bertz CT molecular complexity index is 525. The molecule has 0 saturated heterocycles. The van der Waals surface area contributed by atoms with Crippen molar-refractivity contribution < 1.29 is 8.42 Å². The van der Waals surface area contributed by atoms with Crippen LogP contribution >= 0.6 is 11.6 Å². The molecular weight excluding hydrogens is 246 g/mol. The molecule has 3 nitrogen and oxygen atoms in total.